The number of pyridine rings is 1. The van der Waals surface area contributed by atoms with Gasteiger partial charge >= 0.3 is 0 Å². The van der Waals surface area contributed by atoms with Crippen LogP contribution in [0.1, 0.15) is 11.1 Å². The number of hydrogen-bond donors (Lipinski definition) is 1. The number of anilines is 1. The fourth-order valence-electron chi connectivity index (χ4n) is 1.38. The summed E-state index contributed by atoms with van der Waals surface area (Å²) < 4.78 is 18.8. The van der Waals surface area contributed by atoms with Crippen LogP contribution in [0.15, 0.2) is 30.5 Å². The van der Waals surface area contributed by atoms with E-state index in [0.29, 0.717) is 5.69 Å². The van der Waals surface area contributed by atoms with Gasteiger partial charge in [-0.05, 0) is 37.1 Å². The van der Waals surface area contributed by atoms with E-state index >= 15 is 0 Å². The van der Waals surface area contributed by atoms with E-state index in [1.54, 1.807) is 24.4 Å². The highest BCUT2D eigenvalue weighted by Gasteiger charge is 2.06. The first-order chi connectivity index (χ1) is 8.06. The molecule has 88 valence electrons. The van der Waals surface area contributed by atoms with Crippen LogP contribution in [0, 0.1) is 19.7 Å². The minimum absolute atomic E-state index is 0.153. The Hall–Kier alpha value is -2.10. The minimum atomic E-state index is -0.420. The third-order valence-electron chi connectivity index (χ3n) is 2.42. The molecule has 0 bridgehead atoms. The molecule has 0 aliphatic heterocycles. The molecule has 1 aromatic carbocycles. The van der Waals surface area contributed by atoms with Crippen molar-refractivity contribution in [2.24, 2.45) is 0 Å². The maximum Gasteiger partial charge on any atom is 0.221 e. The van der Waals surface area contributed by atoms with Crippen LogP contribution in [0.2, 0.25) is 0 Å². The average Bonchev–Trinajstić information content (AvgIpc) is 2.29. The van der Waals surface area contributed by atoms with Crippen molar-refractivity contribution in [3.05, 3.63) is 47.4 Å². The molecular formula is C13H13FN2O. The van der Waals surface area contributed by atoms with Crippen LogP contribution < -0.4 is 10.5 Å². The van der Waals surface area contributed by atoms with Gasteiger partial charge in [-0.1, -0.05) is 6.07 Å². The molecule has 3 nitrogen and oxygen atoms in total. The van der Waals surface area contributed by atoms with Gasteiger partial charge in [-0.15, -0.1) is 0 Å². The van der Waals surface area contributed by atoms with Crippen LogP contribution in [-0.4, -0.2) is 4.98 Å². The van der Waals surface area contributed by atoms with E-state index in [4.69, 9.17) is 10.5 Å². The first-order valence-corrected chi connectivity index (χ1v) is 5.22. The molecule has 4 heteroatoms. The highest BCUT2D eigenvalue weighted by molar-refractivity contribution is 5.48. The maximum absolute atomic E-state index is 13.5. The van der Waals surface area contributed by atoms with Gasteiger partial charge in [0.1, 0.15) is 0 Å². The van der Waals surface area contributed by atoms with Crippen LogP contribution in [0.3, 0.4) is 0 Å². The van der Waals surface area contributed by atoms with E-state index < -0.39 is 5.82 Å². The monoisotopic (exact) mass is 232 g/mol. The molecule has 2 N–H and O–H groups in total. The van der Waals surface area contributed by atoms with Gasteiger partial charge in [0.05, 0.1) is 0 Å². The Kier molecular flexibility index (Phi) is 2.95. The van der Waals surface area contributed by atoms with Crippen LogP contribution >= 0.6 is 0 Å². The summed E-state index contributed by atoms with van der Waals surface area (Å²) in [6.07, 6.45) is 1.60. The first-order valence-electron chi connectivity index (χ1n) is 5.22. The van der Waals surface area contributed by atoms with E-state index in [1.807, 2.05) is 13.8 Å². The molecule has 0 atom stereocenters. The van der Waals surface area contributed by atoms with Crippen molar-refractivity contribution in [1.29, 1.82) is 0 Å². The fourth-order valence-corrected chi connectivity index (χ4v) is 1.38. The summed E-state index contributed by atoms with van der Waals surface area (Å²) in [6, 6.07) is 6.24. The third kappa shape index (κ3) is 2.53. The zero-order valence-corrected chi connectivity index (χ0v) is 9.70. The van der Waals surface area contributed by atoms with Crippen molar-refractivity contribution in [2.45, 2.75) is 13.8 Å². The van der Waals surface area contributed by atoms with Crippen LogP contribution in [0.5, 0.6) is 11.6 Å². The Morgan fingerprint density at radius 3 is 2.71 bits per heavy atom. The smallest absolute Gasteiger partial charge is 0.221 e. The number of aryl methyl sites for hydroxylation is 2. The van der Waals surface area contributed by atoms with Crippen molar-refractivity contribution in [2.75, 3.05) is 5.73 Å². The van der Waals surface area contributed by atoms with Gasteiger partial charge in [0, 0.05) is 18.0 Å². The summed E-state index contributed by atoms with van der Waals surface area (Å²) in [5, 5.41) is 0. The molecule has 2 rings (SSSR count). The summed E-state index contributed by atoms with van der Waals surface area (Å²) in [5.41, 5.74) is 8.08. The number of ether oxygens (including phenoxy) is 1. The van der Waals surface area contributed by atoms with Crippen LogP contribution in [0.4, 0.5) is 10.1 Å². The zero-order valence-electron chi connectivity index (χ0n) is 9.70. The molecule has 0 saturated heterocycles. The fraction of sp³-hybridized carbons (Fsp3) is 0.154. The summed E-state index contributed by atoms with van der Waals surface area (Å²) in [6.45, 7) is 3.71. The average molecular weight is 232 g/mol. The highest BCUT2D eigenvalue weighted by atomic mass is 19.1. The lowest BCUT2D eigenvalue weighted by molar-refractivity contribution is 0.427. The van der Waals surface area contributed by atoms with Gasteiger partial charge in [-0.3, -0.25) is 0 Å². The molecule has 0 saturated carbocycles. The largest absolute Gasteiger partial charge is 0.436 e. The SMILES string of the molecule is Cc1ccc(F)c(Oc2cc(N)c(C)cn2)c1. The number of benzene rings is 1. The lowest BCUT2D eigenvalue weighted by Crippen LogP contribution is -1.95. The lowest BCUT2D eigenvalue weighted by atomic mass is 10.2. The second-order valence-electron chi connectivity index (χ2n) is 3.92. The molecule has 17 heavy (non-hydrogen) atoms. The number of aromatic nitrogens is 1. The molecule has 1 heterocycles. The Balaban J connectivity index is 2.31. The number of rotatable bonds is 2. The van der Waals surface area contributed by atoms with Gasteiger partial charge in [-0.2, -0.15) is 0 Å². The standard InChI is InChI=1S/C13H13FN2O/c1-8-3-4-10(14)12(5-8)17-13-6-11(15)9(2)7-16-13/h3-7H,1-2H3,(H2,15,16). The topological polar surface area (TPSA) is 48.1 Å². The predicted molar refractivity (Wildman–Crippen MR) is 64.6 cm³/mol. The van der Waals surface area contributed by atoms with E-state index in [1.165, 1.54) is 6.07 Å². The predicted octanol–water partition coefficient (Wildman–Crippen LogP) is 3.21. The molecule has 0 fully saturated rings. The molecular weight excluding hydrogens is 219 g/mol. The molecule has 0 aliphatic rings. The Labute approximate surface area is 99.1 Å². The van der Waals surface area contributed by atoms with Gasteiger partial charge in [0.25, 0.3) is 0 Å². The molecule has 0 aliphatic carbocycles. The van der Waals surface area contributed by atoms with Crippen molar-refractivity contribution in [1.82, 2.24) is 4.98 Å². The first kappa shape index (κ1) is 11.4. The lowest BCUT2D eigenvalue weighted by Gasteiger charge is -2.08. The van der Waals surface area contributed by atoms with E-state index in [2.05, 4.69) is 4.98 Å². The maximum atomic E-state index is 13.5. The number of nitrogens with zero attached hydrogens (tertiary/aromatic N) is 1. The Morgan fingerprint density at radius 2 is 2.00 bits per heavy atom. The van der Waals surface area contributed by atoms with E-state index in [9.17, 15) is 4.39 Å². The van der Waals surface area contributed by atoms with Gasteiger partial charge in [-0.25, -0.2) is 9.37 Å². The van der Waals surface area contributed by atoms with Gasteiger partial charge in [0.15, 0.2) is 11.6 Å². The van der Waals surface area contributed by atoms with Crippen LogP contribution in [0.25, 0.3) is 0 Å². The second kappa shape index (κ2) is 4.41. The molecule has 0 spiro atoms. The summed E-state index contributed by atoms with van der Waals surface area (Å²) in [5.74, 6) is 0.0231. The van der Waals surface area contributed by atoms with Crippen LogP contribution in [-0.2, 0) is 0 Å². The van der Waals surface area contributed by atoms with Crippen molar-refractivity contribution < 1.29 is 9.13 Å². The summed E-state index contributed by atoms with van der Waals surface area (Å²) in [7, 11) is 0. The quantitative estimate of drug-likeness (QED) is 0.864. The number of halogens is 1. The molecule has 0 unspecified atom stereocenters. The van der Waals surface area contributed by atoms with Crippen molar-refractivity contribution in [3.8, 4) is 11.6 Å². The Bertz CT molecular complexity index is 555. The normalized spacial score (nSPS) is 10.3. The molecule has 0 amide bonds. The molecule has 1 aromatic heterocycles. The second-order valence-corrected chi connectivity index (χ2v) is 3.92. The summed E-state index contributed by atoms with van der Waals surface area (Å²) in [4.78, 5) is 4.04. The van der Waals surface area contributed by atoms with Crippen molar-refractivity contribution >= 4 is 5.69 Å². The number of nitrogen functional groups attached to an aromatic ring is 1. The minimum Gasteiger partial charge on any atom is -0.436 e. The van der Waals surface area contributed by atoms with E-state index in [0.717, 1.165) is 11.1 Å². The highest BCUT2D eigenvalue weighted by Crippen LogP contribution is 2.25. The molecule has 2 aromatic rings. The third-order valence-corrected chi connectivity index (χ3v) is 2.42. The number of nitrogens with two attached hydrogens (primary N) is 1. The van der Waals surface area contributed by atoms with E-state index in [-0.39, 0.29) is 11.6 Å². The van der Waals surface area contributed by atoms with Gasteiger partial charge in [0.2, 0.25) is 5.88 Å². The Morgan fingerprint density at radius 1 is 1.24 bits per heavy atom. The van der Waals surface area contributed by atoms with Gasteiger partial charge < -0.3 is 10.5 Å². The van der Waals surface area contributed by atoms with Crippen molar-refractivity contribution in [3.63, 3.8) is 0 Å². The number of hydrogen-bond acceptors (Lipinski definition) is 3. The summed E-state index contributed by atoms with van der Waals surface area (Å²) >= 11 is 0. The molecule has 0 radical (unpaired) electrons. The zero-order chi connectivity index (χ0) is 12.4.